The summed E-state index contributed by atoms with van der Waals surface area (Å²) in [6.45, 7) is 1.95. The summed E-state index contributed by atoms with van der Waals surface area (Å²) in [5, 5.41) is 18.5. The smallest absolute Gasteiger partial charge is 0.460 e. The van der Waals surface area contributed by atoms with E-state index in [1.807, 2.05) is 6.92 Å². The Hall–Kier alpha value is -1.97. The van der Waals surface area contributed by atoms with E-state index in [0.29, 0.717) is 12.8 Å². The zero-order chi connectivity index (χ0) is 30.4. The molecule has 0 aliphatic carbocycles. The minimum absolute atomic E-state index is 0.151. The molecule has 0 rings (SSSR count). The third kappa shape index (κ3) is 6.96. The van der Waals surface area contributed by atoms with Gasteiger partial charge in [-0.15, -0.1) is 0 Å². The molecule has 2 N–H and O–H groups in total. The average Bonchev–Trinajstić information content (AvgIpc) is 2.75. The first-order valence-electron chi connectivity index (χ1n) is 11.3. The minimum Gasteiger partial charge on any atom is -0.480 e. The van der Waals surface area contributed by atoms with Gasteiger partial charge in [0.2, 0.25) is 0 Å². The molecule has 0 radical (unpaired) electrons. The van der Waals surface area contributed by atoms with E-state index in [1.54, 1.807) is 0 Å². The maximum atomic E-state index is 14.1. The van der Waals surface area contributed by atoms with Gasteiger partial charge in [-0.25, -0.2) is 0 Å². The number of hydrogen-bond acceptors (Lipinski definition) is 2. The van der Waals surface area contributed by atoms with Crippen molar-refractivity contribution in [2.24, 2.45) is 5.41 Å². The van der Waals surface area contributed by atoms with Crippen molar-refractivity contribution < 1.29 is 76.9 Å². The molecular weight excluding hydrogens is 563 g/mol. The van der Waals surface area contributed by atoms with Crippen molar-refractivity contribution in [2.75, 3.05) is 0 Å². The van der Waals surface area contributed by atoms with Crippen molar-refractivity contribution in [1.82, 2.24) is 0 Å². The molecule has 0 amide bonds. The highest BCUT2D eigenvalue weighted by Gasteiger charge is 2.90. The summed E-state index contributed by atoms with van der Waals surface area (Å²) in [6.07, 6.45) is -9.04. The van der Waals surface area contributed by atoms with E-state index >= 15 is 0 Å². The van der Waals surface area contributed by atoms with E-state index < -0.39 is 72.4 Å². The molecule has 0 aromatic heterocycles. The van der Waals surface area contributed by atoms with Crippen LogP contribution in [0.25, 0.3) is 0 Å². The van der Waals surface area contributed by atoms with Crippen LogP contribution in [0, 0.1) is 5.41 Å². The number of rotatable bonds is 18. The van der Waals surface area contributed by atoms with Gasteiger partial charge in [0, 0.05) is 6.42 Å². The standard InChI is InChI=1S/C21H27F13O4/c1-2-3-4-5-6-7-8-9-10-15(13(35)36,14(37)38)11-12-16(22,23)17(24,25)18(26,27)19(28,29)20(30,31)21(32,33)34/h2-12H2,1H3,(H,35,36)(H,37,38). The number of alkyl halides is 13. The highest BCUT2D eigenvalue weighted by Crippen LogP contribution is 2.61. The molecule has 0 saturated carbocycles. The third-order valence-corrected chi connectivity index (χ3v) is 6.14. The predicted molar refractivity (Wildman–Crippen MR) is 105 cm³/mol. The van der Waals surface area contributed by atoms with Crippen LogP contribution in [0.15, 0.2) is 0 Å². The lowest BCUT2D eigenvalue weighted by Crippen LogP contribution is -2.70. The second kappa shape index (κ2) is 12.5. The van der Waals surface area contributed by atoms with Gasteiger partial charge in [-0.2, -0.15) is 57.1 Å². The van der Waals surface area contributed by atoms with Gasteiger partial charge in [0.1, 0.15) is 0 Å². The number of carboxylic acids is 2. The molecule has 0 aliphatic rings. The molecule has 0 aromatic rings. The largest absolute Gasteiger partial charge is 0.480 e. The average molecular weight is 590 g/mol. The first kappa shape index (κ1) is 36.0. The van der Waals surface area contributed by atoms with E-state index in [0.717, 1.165) is 25.7 Å². The number of hydrogen-bond donors (Lipinski definition) is 2. The van der Waals surface area contributed by atoms with Crippen LogP contribution < -0.4 is 0 Å². The summed E-state index contributed by atoms with van der Waals surface area (Å²) >= 11 is 0. The van der Waals surface area contributed by atoms with Crippen LogP contribution in [-0.2, 0) is 9.59 Å². The maximum absolute atomic E-state index is 14.1. The molecule has 226 valence electrons. The monoisotopic (exact) mass is 590 g/mol. The second-order valence-electron chi connectivity index (χ2n) is 8.92. The number of carbonyl (C=O) groups is 2. The summed E-state index contributed by atoms with van der Waals surface area (Å²) in [5.74, 6) is -42.9. The summed E-state index contributed by atoms with van der Waals surface area (Å²) in [4.78, 5) is 23.1. The Bertz CT molecular complexity index is 780. The first-order valence-corrected chi connectivity index (χ1v) is 11.3. The molecule has 0 aliphatic heterocycles. The molecule has 38 heavy (non-hydrogen) atoms. The van der Waals surface area contributed by atoms with Crippen LogP contribution in [0.3, 0.4) is 0 Å². The van der Waals surface area contributed by atoms with Gasteiger partial charge in [-0.3, -0.25) is 9.59 Å². The lowest BCUT2D eigenvalue weighted by Gasteiger charge is -2.40. The molecule has 0 bridgehead atoms. The number of carboxylic acid groups (broad SMARTS) is 2. The Morgan fingerprint density at radius 3 is 1.24 bits per heavy atom. The first-order chi connectivity index (χ1) is 16.9. The Labute approximate surface area is 208 Å². The van der Waals surface area contributed by atoms with Gasteiger partial charge in [-0.1, -0.05) is 58.3 Å². The van der Waals surface area contributed by atoms with Gasteiger partial charge < -0.3 is 10.2 Å². The van der Waals surface area contributed by atoms with Crippen molar-refractivity contribution in [3.63, 3.8) is 0 Å². The minimum atomic E-state index is -8.08. The highest BCUT2D eigenvalue weighted by molar-refractivity contribution is 5.98. The topological polar surface area (TPSA) is 74.6 Å². The fraction of sp³-hybridized carbons (Fsp3) is 0.905. The Kier molecular flexibility index (Phi) is 11.8. The van der Waals surface area contributed by atoms with Crippen molar-refractivity contribution >= 4 is 11.9 Å². The maximum Gasteiger partial charge on any atom is 0.460 e. The van der Waals surface area contributed by atoms with Crippen molar-refractivity contribution in [3.05, 3.63) is 0 Å². The Morgan fingerprint density at radius 1 is 0.500 bits per heavy atom. The van der Waals surface area contributed by atoms with E-state index in [-0.39, 0.29) is 12.8 Å². The second-order valence-corrected chi connectivity index (χ2v) is 8.92. The van der Waals surface area contributed by atoms with E-state index in [2.05, 4.69) is 0 Å². The van der Waals surface area contributed by atoms with Crippen molar-refractivity contribution in [1.29, 1.82) is 0 Å². The van der Waals surface area contributed by atoms with E-state index in [9.17, 15) is 76.9 Å². The lowest BCUT2D eigenvalue weighted by atomic mass is 9.76. The zero-order valence-electron chi connectivity index (χ0n) is 19.9. The van der Waals surface area contributed by atoms with Gasteiger partial charge in [0.15, 0.2) is 5.41 Å². The quantitative estimate of drug-likeness (QED) is 0.0959. The van der Waals surface area contributed by atoms with Gasteiger partial charge in [0.25, 0.3) is 0 Å². The fourth-order valence-electron chi connectivity index (χ4n) is 3.53. The molecule has 0 atom stereocenters. The fourth-order valence-corrected chi connectivity index (χ4v) is 3.53. The molecule has 0 heterocycles. The number of aliphatic carboxylic acids is 2. The lowest BCUT2D eigenvalue weighted by molar-refractivity contribution is -0.440. The summed E-state index contributed by atoms with van der Waals surface area (Å²) < 4.78 is 172. The third-order valence-electron chi connectivity index (χ3n) is 6.14. The van der Waals surface area contributed by atoms with Crippen LogP contribution in [0.1, 0.15) is 77.6 Å². The van der Waals surface area contributed by atoms with E-state index in [4.69, 9.17) is 0 Å². The molecule has 17 heteroatoms. The van der Waals surface area contributed by atoms with Gasteiger partial charge in [-0.05, 0) is 12.8 Å². The molecule has 4 nitrogen and oxygen atoms in total. The normalized spacial score (nSPS) is 14.6. The van der Waals surface area contributed by atoms with Crippen LogP contribution >= 0.6 is 0 Å². The zero-order valence-corrected chi connectivity index (χ0v) is 19.9. The molecule has 0 unspecified atom stereocenters. The van der Waals surface area contributed by atoms with E-state index in [1.165, 1.54) is 0 Å². The highest BCUT2D eigenvalue weighted by atomic mass is 19.4. The number of halogens is 13. The van der Waals surface area contributed by atoms with Gasteiger partial charge in [0.05, 0.1) is 0 Å². The van der Waals surface area contributed by atoms with Gasteiger partial charge >= 0.3 is 47.7 Å². The van der Waals surface area contributed by atoms with Crippen LogP contribution in [-0.4, -0.2) is 57.9 Å². The molecule has 0 spiro atoms. The molecular formula is C21H27F13O4. The molecule has 0 fully saturated rings. The Morgan fingerprint density at radius 2 is 0.868 bits per heavy atom. The SMILES string of the molecule is CCCCCCCCCCC(CCC(F)(F)C(F)(F)C(F)(F)C(F)(F)C(F)(F)C(F)(F)F)(C(=O)O)C(=O)O. The predicted octanol–water partition coefficient (Wildman–Crippen LogP) is 8.19. The van der Waals surface area contributed by atoms with Crippen molar-refractivity contribution in [3.8, 4) is 0 Å². The van der Waals surface area contributed by atoms with Crippen LogP contribution in [0.4, 0.5) is 57.1 Å². The number of unbranched alkanes of at least 4 members (excludes halogenated alkanes) is 7. The molecule has 0 aromatic carbocycles. The summed E-state index contributed by atoms with van der Waals surface area (Å²) in [6, 6.07) is 0. The van der Waals surface area contributed by atoms with Crippen molar-refractivity contribution in [2.45, 2.75) is 113 Å². The Balaban J connectivity index is 5.85. The van der Waals surface area contributed by atoms with Crippen LogP contribution in [0.5, 0.6) is 0 Å². The summed E-state index contributed by atoms with van der Waals surface area (Å²) in [5.41, 5.74) is -3.30. The summed E-state index contributed by atoms with van der Waals surface area (Å²) in [7, 11) is 0. The van der Waals surface area contributed by atoms with Crippen LogP contribution in [0.2, 0.25) is 0 Å². The molecule has 0 saturated heterocycles.